The summed E-state index contributed by atoms with van der Waals surface area (Å²) < 4.78 is 12.0. The predicted octanol–water partition coefficient (Wildman–Crippen LogP) is -1.52. The number of hydrogen-bond donors (Lipinski definition) is 3. The van der Waals surface area contributed by atoms with Gasteiger partial charge in [0.05, 0.1) is 6.61 Å². The topological polar surface area (TPSA) is 120 Å². The third kappa shape index (κ3) is 2.61. The molecule has 2 heterocycles. The summed E-state index contributed by atoms with van der Waals surface area (Å²) in [6.45, 7) is 1.75. The molecule has 0 aliphatic carbocycles. The summed E-state index contributed by atoms with van der Waals surface area (Å²) >= 11 is 0. The Morgan fingerprint density at radius 3 is 2.95 bits per heavy atom. The summed E-state index contributed by atoms with van der Waals surface area (Å²) in [6.07, 6.45) is -1.98. The van der Waals surface area contributed by atoms with Gasteiger partial charge in [-0.05, 0) is 13.0 Å². The van der Waals surface area contributed by atoms with Crippen molar-refractivity contribution in [3.8, 4) is 0 Å². The number of anilines is 1. The van der Waals surface area contributed by atoms with Crippen molar-refractivity contribution in [2.45, 2.75) is 31.5 Å². The van der Waals surface area contributed by atoms with Gasteiger partial charge in [-0.25, -0.2) is 4.79 Å². The van der Waals surface area contributed by atoms with E-state index in [1.54, 1.807) is 6.92 Å². The molecule has 0 bridgehead atoms. The molecule has 106 valence electrons. The fourth-order valence-corrected chi connectivity index (χ4v) is 2.09. The number of hydrogen-bond acceptors (Lipinski definition) is 7. The maximum Gasteiger partial charge on any atom is 0.351 e. The van der Waals surface area contributed by atoms with E-state index in [1.165, 1.54) is 16.8 Å². The van der Waals surface area contributed by atoms with E-state index in [9.17, 15) is 9.90 Å². The van der Waals surface area contributed by atoms with Crippen LogP contribution in [-0.4, -0.2) is 51.3 Å². The quantitative estimate of drug-likeness (QED) is 0.608. The van der Waals surface area contributed by atoms with Gasteiger partial charge < -0.3 is 25.4 Å². The lowest BCUT2D eigenvalue weighted by molar-refractivity contribution is -0.0716. The average Bonchev–Trinajstić information content (AvgIpc) is 2.68. The minimum absolute atomic E-state index is 0.103. The van der Waals surface area contributed by atoms with Gasteiger partial charge in [-0.1, -0.05) is 0 Å². The van der Waals surface area contributed by atoms with Gasteiger partial charge in [-0.15, -0.1) is 0 Å². The van der Waals surface area contributed by atoms with Crippen molar-refractivity contribution < 1.29 is 19.7 Å². The smallest absolute Gasteiger partial charge is 0.351 e. The molecular weight excluding hydrogens is 254 g/mol. The monoisotopic (exact) mass is 271 g/mol. The number of rotatable bonds is 4. The summed E-state index contributed by atoms with van der Waals surface area (Å²) in [5.74, 6) is 0.103. The molecule has 0 amide bonds. The predicted molar refractivity (Wildman–Crippen MR) is 65.3 cm³/mol. The first-order valence-corrected chi connectivity index (χ1v) is 5.99. The van der Waals surface area contributed by atoms with Crippen LogP contribution in [0.1, 0.15) is 13.2 Å². The minimum atomic E-state index is -1.01. The van der Waals surface area contributed by atoms with E-state index in [2.05, 4.69) is 4.98 Å². The molecule has 8 heteroatoms. The van der Waals surface area contributed by atoms with Crippen LogP contribution in [0.2, 0.25) is 0 Å². The Balaban J connectivity index is 2.33. The largest absolute Gasteiger partial charge is 0.394 e. The zero-order chi connectivity index (χ0) is 14.0. The van der Waals surface area contributed by atoms with Crippen LogP contribution < -0.4 is 11.4 Å². The molecule has 2 rings (SSSR count). The maximum atomic E-state index is 11.8. The van der Waals surface area contributed by atoms with E-state index in [-0.39, 0.29) is 12.4 Å². The van der Waals surface area contributed by atoms with Crippen molar-refractivity contribution >= 4 is 5.82 Å². The molecule has 1 saturated heterocycles. The van der Waals surface area contributed by atoms with Gasteiger partial charge in [0.15, 0.2) is 6.23 Å². The van der Waals surface area contributed by atoms with Crippen molar-refractivity contribution in [3.63, 3.8) is 0 Å². The van der Waals surface area contributed by atoms with Gasteiger partial charge in [0.1, 0.15) is 24.1 Å². The Morgan fingerprint density at radius 2 is 2.37 bits per heavy atom. The molecule has 1 fully saturated rings. The molecule has 1 aromatic rings. The molecule has 0 radical (unpaired) electrons. The third-order valence-electron chi connectivity index (χ3n) is 2.98. The molecule has 0 aromatic carbocycles. The molecule has 1 aliphatic heterocycles. The zero-order valence-corrected chi connectivity index (χ0v) is 10.5. The zero-order valence-electron chi connectivity index (χ0n) is 10.5. The van der Waals surface area contributed by atoms with E-state index in [0.29, 0.717) is 6.61 Å². The highest BCUT2D eigenvalue weighted by Crippen LogP contribution is 2.30. The van der Waals surface area contributed by atoms with Crippen LogP contribution in [0, 0.1) is 0 Å². The lowest BCUT2D eigenvalue weighted by Crippen LogP contribution is -2.38. The van der Waals surface area contributed by atoms with Gasteiger partial charge in [-0.2, -0.15) is 4.98 Å². The number of aliphatic hydroxyl groups excluding tert-OH is 2. The Labute approximate surface area is 109 Å². The number of nitrogen functional groups attached to an aromatic ring is 1. The first-order valence-electron chi connectivity index (χ1n) is 5.99. The van der Waals surface area contributed by atoms with E-state index >= 15 is 0 Å². The molecule has 4 atom stereocenters. The summed E-state index contributed by atoms with van der Waals surface area (Å²) in [5.41, 5.74) is 4.82. The molecule has 0 spiro atoms. The average molecular weight is 271 g/mol. The second-order valence-electron chi connectivity index (χ2n) is 4.20. The number of aliphatic hydroxyl groups is 2. The molecule has 1 aliphatic rings. The third-order valence-corrected chi connectivity index (χ3v) is 2.98. The Hall–Kier alpha value is -1.48. The Bertz CT molecular complexity index is 491. The van der Waals surface area contributed by atoms with Crippen molar-refractivity contribution in [1.82, 2.24) is 9.55 Å². The van der Waals surface area contributed by atoms with Gasteiger partial charge in [0, 0.05) is 12.8 Å². The first kappa shape index (κ1) is 13.9. The van der Waals surface area contributed by atoms with Crippen LogP contribution in [0.3, 0.4) is 0 Å². The summed E-state index contributed by atoms with van der Waals surface area (Å²) in [4.78, 5) is 15.4. The van der Waals surface area contributed by atoms with Crippen LogP contribution >= 0.6 is 0 Å². The summed E-state index contributed by atoms with van der Waals surface area (Å²) in [7, 11) is 0. The Morgan fingerprint density at radius 1 is 1.63 bits per heavy atom. The van der Waals surface area contributed by atoms with Crippen LogP contribution in [0.5, 0.6) is 0 Å². The lowest BCUT2D eigenvalue weighted by atomic mass is 10.1. The highest BCUT2D eigenvalue weighted by atomic mass is 16.6. The highest BCUT2D eigenvalue weighted by Gasteiger charge is 2.45. The van der Waals surface area contributed by atoms with Crippen LogP contribution in [0.25, 0.3) is 0 Å². The minimum Gasteiger partial charge on any atom is -0.394 e. The molecular formula is C11H17N3O5. The molecule has 8 nitrogen and oxygen atoms in total. The standard InChI is InChI=1S/C11H17N3O5/c1-2-18-9-8(16)6(5-15)19-10(9)14-4-3-7(12)13-11(14)17/h3-4,6,8-10,15-16H,2,5H2,1H3,(H2,12,13,17)/t6-,8?,9+,10-/m1/s1. The van der Waals surface area contributed by atoms with E-state index < -0.39 is 30.2 Å². The lowest BCUT2D eigenvalue weighted by Gasteiger charge is -2.21. The van der Waals surface area contributed by atoms with Gasteiger partial charge in [0.2, 0.25) is 0 Å². The summed E-state index contributed by atoms with van der Waals surface area (Å²) in [5, 5.41) is 19.1. The van der Waals surface area contributed by atoms with E-state index in [0.717, 1.165) is 0 Å². The molecule has 0 saturated carbocycles. The molecule has 4 N–H and O–H groups in total. The number of aromatic nitrogens is 2. The molecule has 1 unspecified atom stereocenters. The highest BCUT2D eigenvalue weighted by molar-refractivity contribution is 5.23. The maximum absolute atomic E-state index is 11.8. The van der Waals surface area contributed by atoms with Crippen molar-refractivity contribution in [2.24, 2.45) is 0 Å². The number of ether oxygens (including phenoxy) is 2. The van der Waals surface area contributed by atoms with E-state index in [4.69, 9.17) is 20.3 Å². The van der Waals surface area contributed by atoms with Crippen LogP contribution in [0.4, 0.5) is 5.82 Å². The molecule has 19 heavy (non-hydrogen) atoms. The van der Waals surface area contributed by atoms with Gasteiger partial charge >= 0.3 is 5.69 Å². The fraction of sp³-hybridized carbons (Fsp3) is 0.636. The SMILES string of the molecule is CCO[C@H]1C(O)[C@@H](CO)O[C@H]1n1ccc(N)nc1=O. The normalized spacial score (nSPS) is 30.7. The van der Waals surface area contributed by atoms with Crippen molar-refractivity contribution in [3.05, 3.63) is 22.7 Å². The van der Waals surface area contributed by atoms with Crippen LogP contribution in [0.15, 0.2) is 17.1 Å². The number of nitrogens with zero attached hydrogens (tertiary/aromatic N) is 2. The van der Waals surface area contributed by atoms with Gasteiger partial charge in [0.25, 0.3) is 0 Å². The van der Waals surface area contributed by atoms with Crippen molar-refractivity contribution in [1.29, 1.82) is 0 Å². The first-order chi connectivity index (χ1) is 9.08. The second kappa shape index (κ2) is 5.66. The van der Waals surface area contributed by atoms with Gasteiger partial charge in [-0.3, -0.25) is 4.57 Å². The van der Waals surface area contributed by atoms with E-state index in [1.807, 2.05) is 0 Å². The summed E-state index contributed by atoms with van der Waals surface area (Å²) in [6, 6.07) is 1.45. The van der Waals surface area contributed by atoms with Crippen molar-refractivity contribution in [2.75, 3.05) is 18.9 Å². The molecule has 1 aromatic heterocycles. The number of nitrogens with two attached hydrogens (primary N) is 1. The second-order valence-corrected chi connectivity index (χ2v) is 4.20. The Kier molecular flexibility index (Phi) is 4.15. The fourth-order valence-electron chi connectivity index (χ4n) is 2.09. The van der Waals surface area contributed by atoms with Crippen LogP contribution in [-0.2, 0) is 9.47 Å².